The van der Waals surface area contributed by atoms with Gasteiger partial charge in [0.15, 0.2) is 0 Å². The van der Waals surface area contributed by atoms with E-state index in [1.54, 1.807) is 0 Å². The third kappa shape index (κ3) is 5.73. The van der Waals surface area contributed by atoms with E-state index in [0.717, 1.165) is 11.8 Å². The molecule has 0 aromatic carbocycles. The number of nitrogens with zero attached hydrogens (tertiary/aromatic N) is 4. The number of piperazine rings is 3. The molecule has 6 heteroatoms. The first-order chi connectivity index (χ1) is 13.0. The quantitative estimate of drug-likeness (QED) is 0.460. The van der Waals surface area contributed by atoms with E-state index in [4.69, 9.17) is 23.2 Å². The summed E-state index contributed by atoms with van der Waals surface area (Å²) in [4.78, 5) is 5.32. The summed E-state index contributed by atoms with van der Waals surface area (Å²) < 4.78 is 2.78. The van der Waals surface area contributed by atoms with Crippen molar-refractivity contribution in [1.29, 1.82) is 0 Å². The third-order valence-corrected chi connectivity index (χ3v) is 8.77. The molecule has 0 aromatic heterocycles. The van der Waals surface area contributed by atoms with Crippen molar-refractivity contribution in [2.75, 3.05) is 103 Å². The largest absolute Gasteiger partial charge is 0.312 e. The number of hydrogen-bond donors (Lipinski definition) is 0. The molecule has 0 saturated carbocycles. The minimum atomic E-state index is 0.621. The predicted octanol–water partition coefficient (Wildman–Crippen LogP) is 2.40. The van der Waals surface area contributed by atoms with Gasteiger partial charge in [0.1, 0.15) is 26.2 Å². The van der Waals surface area contributed by atoms with Gasteiger partial charge in [0.05, 0.1) is 26.2 Å². The summed E-state index contributed by atoms with van der Waals surface area (Å²) >= 11 is 12.1. The van der Waals surface area contributed by atoms with E-state index in [-0.39, 0.29) is 0 Å². The molecule has 0 aliphatic carbocycles. The van der Waals surface area contributed by atoms with Crippen LogP contribution >= 0.6 is 23.2 Å². The van der Waals surface area contributed by atoms with Crippen molar-refractivity contribution < 1.29 is 8.97 Å². The van der Waals surface area contributed by atoms with Gasteiger partial charge in [-0.2, -0.15) is 0 Å². The Morgan fingerprint density at radius 3 is 1.52 bits per heavy atom. The van der Waals surface area contributed by atoms with Crippen molar-refractivity contribution in [3.63, 3.8) is 0 Å². The monoisotopic (exact) mass is 420 g/mol. The number of halogens is 2. The van der Waals surface area contributed by atoms with Crippen LogP contribution in [0.5, 0.6) is 0 Å². The maximum absolute atomic E-state index is 6.12. The first-order valence-electron chi connectivity index (χ1n) is 11.3. The molecule has 3 rings (SSSR count). The summed E-state index contributed by atoms with van der Waals surface area (Å²) in [6.07, 6.45) is 1.21. The van der Waals surface area contributed by atoms with Crippen LogP contribution < -0.4 is 0 Å². The smallest absolute Gasteiger partial charge is 0.129 e. The Morgan fingerprint density at radius 1 is 0.704 bits per heavy atom. The molecule has 3 aliphatic heterocycles. The van der Waals surface area contributed by atoms with Crippen LogP contribution in [0.4, 0.5) is 0 Å². The van der Waals surface area contributed by atoms with E-state index in [1.165, 1.54) is 107 Å². The van der Waals surface area contributed by atoms with Gasteiger partial charge in [-0.25, -0.2) is 0 Å². The van der Waals surface area contributed by atoms with Crippen LogP contribution in [0.1, 0.15) is 20.3 Å². The number of rotatable bonds is 7. The number of quaternary nitrogens is 2. The van der Waals surface area contributed by atoms with Crippen molar-refractivity contribution in [3.05, 3.63) is 0 Å². The second-order valence-corrected chi connectivity index (χ2v) is 10.4. The molecule has 2 atom stereocenters. The molecule has 4 nitrogen and oxygen atoms in total. The first kappa shape index (κ1) is 22.1. The molecule has 3 heterocycles. The first-order valence-corrected chi connectivity index (χ1v) is 12.4. The van der Waals surface area contributed by atoms with Gasteiger partial charge in [0.2, 0.25) is 0 Å². The van der Waals surface area contributed by atoms with E-state index >= 15 is 0 Å². The van der Waals surface area contributed by atoms with E-state index in [9.17, 15) is 0 Å². The molecule has 158 valence electrons. The molecular formula is C21H42Cl2N4+2. The summed E-state index contributed by atoms with van der Waals surface area (Å²) in [7, 11) is 0. The Labute approximate surface area is 177 Å². The maximum Gasteiger partial charge on any atom is 0.129 e. The van der Waals surface area contributed by atoms with Gasteiger partial charge < -0.3 is 8.97 Å². The molecule has 0 radical (unpaired) electrons. The minimum Gasteiger partial charge on any atom is -0.312 e. The van der Waals surface area contributed by atoms with Crippen molar-refractivity contribution in [2.45, 2.75) is 20.3 Å². The number of alkyl halides is 2. The average molecular weight is 422 g/mol. The molecule has 0 N–H and O–H groups in total. The lowest BCUT2D eigenvalue weighted by Crippen LogP contribution is -2.73. The molecular weight excluding hydrogens is 379 g/mol. The molecule has 3 saturated heterocycles. The number of hydrogen-bond acceptors (Lipinski definition) is 2. The lowest BCUT2D eigenvalue weighted by molar-refractivity contribution is -1.03. The molecule has 3 aliphatic rings. The zero-order valence-corrected chi connectivity index (χ0v) is 19.2. The molecule has 0 aromatic rings. The Balaban J connectivity index is 1.42. The predicted molar refractivity (Wildman–Crippen MR) is 117 cm³/mol. The zero-order chi connectivity index (χ0) is 19.3. The van der Waals surface area contributed by atoms with Gasteiger partial charge >= 0.3 is 0 Å². The van der Waals surface area contributed by atoms with Crippen molar-refractivity contribution >= 4 is 23.2 Å². The molecule has 27 heavy (non-hydrogen) atoms. The summed E-state index contributed by atoms with van der Waals surface area (Å²) in [6.45, 7) is 23.1. The van der Waals surface area contributed by atoms with Crippen LogP contribution in [0.25, 0.3) is 0 Å². The highest BCUT2D eigenvalue weighted by molar-refractivity contribution is 6.18. The molecule has 3 fully saturated rings. The third-order valence-electron chi connectivity index (χ3n) is 7.80. The maximum atomic E-state index is 6.12. The Kier molecular flexibility index (Phi) is 8.15. The van der Waals surface area contributed by atoms with E-state index in [1.807, 2.05) is 0 Å². The van der Waals surface area contributed by atoms with Gasteiger partial charge in [-0.05, 0) is 11.8 Å². The van der Waals surface area contributed by atoms with Crippen LogP contribution in [0.15, 0.2) is 0 Å². The molecule has 0 bridgehead atoms. The lowest BCUT2D eigenvalue weighted by Gasteiger charge is -2.54. The van der Waals surface area contributed by atoms with E-state index in [2.05, 4.69) is 23.6 Å². The van der Waals surface area contributed by atoms with Crippen LogP contribution in [-0.4, -0.2) is 122 Å². The second kappa shape index (κ2) is 9.95. The van der Waals surface area contributed by atoms with Crippen LogP contribution in [0.2, 0.25) is 0 Å². The Hall–Kier alpha value is 0.420. The SMILES string of the molecule is CCC(CCl)CN1CC[N+]2(CC1)CC[N+]1(CCN(CC(C)CCl)CC1)CC2. The molecule has 2 spiro atoms. The van der Waals surface area contributed by atoms with Gasteiger partial charge in [-0.15, -0.1) is 23.2 Å². The van der Waals surface area contributed by atoms with Crippen molar-refractivity contribution in [2.24, 2.45) is 11.8 Å². The van der Waals surface area contributed by atoms with Gasteiger partial charge in [0.25, 0.3) is 0 Å². The fourth-order valence-electron chi connectivity index (χ4n) is 5.33. The summed E-state index contributed by atoms with van der Waals surface area (Å²) in [5.74, 6) is 2.90. The fraction of sp³-hybridized carbons (Fsp3) is 1.00. The highest BCUT2D eigenvalue weighted by Gasteiger charge is 2.45. The van der Waals surface area contributed by atoms with Gasteiger partial charge in [-0.1, -0.05) is 20.3 Å². The fourth-order valence-corrected chi connectivity index (χ4v) is 5.75. The standard InChI is InChI=1S/C21H42Cl2N4/c1-3-21(17-23)19-25-6-10-27(11-7-25)14-12-26(13-15-27)8-4-24(5-9-26)18-20(2)16-22/h20-21H,3-19H2,1-2H3/q+2. The highest BCUT2D eigenvalue weighted by atomic mass is 35.5. The van der Waals surface area contributed by atoms with E-state index < -0.39 is 0 Å². The van der Waals surface area contributed by atoms with Gasteiger partial charge in [-0.3, -0.25) is 9.80 Å². The van der Waals surface area contributed by atoms with Crippen LogP contribution in [0.3, 0.4) is 0 Å². The van der Waals surface area contributed by atoms with Crippen LogP contribution in [0, 0.1) is 11.8 Å². The van der Waals surface area contributed by atoms with Crippen molar-refractivity contribution in [3.8, 4) is 0 Å². The summed E-state index contributed by atoms with van der Waals surface area (Å²) in [5, 5.41) is 0. The minimum absolute atomic E-state index is 0.621. The van der Waals surface area contributed by atoms with Crippen LogP contribution in [-0.2, 0) is 0 Å². The molecule has 0 amide bonds. The average Bonchev–Trinajstić information content (AvgIpc) is 2.72. The summed E-state index contributed by atoms with van der Waals surface area (Å²) in [6, 6.07) is 0. The second-order valence-electron chi connectivity index (χ2n) is 9.76. The molecule has 2 unspecified atom stereocenters. The van der Waals surface area contributed by atoms with Crippen molar-refractivity contribution in [1.82, 2.24) is 9.80 Å². The zero-order valence-electron chi connectivity index (χ0n) is 17.7. The topological polar surface area (TPSA) is 6.48 Å². The summed E-state index contributed by atoms with van der Waals surface area (Å²) in [5.41, 5.74) is 0. The Bertz CT molecular complexity index is 429. The Morgan fingerprint density at radius 2 is 1.15 bits per heavy atom. The van der Waals surface area contributed by atoms with Gasteiger partial charge in [0, 0.05) is 51.0 Å². The highest BCUT2D eigenvalue weighted by Crippen LogP contribution is 2.25. The lowest BCUT2D eigenvalue weighted by atomic mass is 10.1. The normalized spacial score (nSPS) is 28.4. The van der Waals surface area contributed by atoms with E-state index in [0.29, 0.717) is 11.8 Å².